The molecule has 0 fully saturated rings. The molecule has 12 heteroatoms. The van der Waals surface area contributed by atoms with Gasteiger partial charge in [-0.1, -0.05) is 20.8 Å². The Labute approximate surface area is 143 Å². The summed E-state index contributed by atoms with van der Waals surface area (Å²) in [6.07, 6.45) is 0. The van der Waals surface area contributed by atoms with Crippen LogP contribution in [-0.4, -0.2) is 40.5 Å². The predicted molar refractivity (Wildman–Crippen MR) is 86.9 cm³/mol. The third kappa shape index (κ3) is 6.08. The van der Waals surface area contributed by atoms with Crippen molar-refractivity contribution in [1.82, 2.24) is 5.32 Å². The smallest absolute Gasteiger partial charge is 0.277 e. The van der Waals surface area contributed by atoms with Crippen molar-refractivity contribution in [1.29, 1.82) is 0 Å². The molecule has 0 heterocycles. The summed E-state index contributed by atoms with van der Waals surface area (Å²) in [4.78, 5) is 32.3. The van der Waals surface area contributed by atoms with E-state index >= 15 is 0 Å². The standard InChI is InChI=1S/C13H17N3O8S/c1-13(2,3)11(7-25(22,23)24)14-12(17)8-4-9(15(18)19)6-10(5-8)16(20)21/h4-6,11H,7H2,1-3H3,(H,14,17)(H,22,23,24)/t11-/m1/s1. The number of carbonyl (C=O) groups is 1. The Kier molecular flexibility index (Phi) is 5.81. The zero-order chi connectivity index (χ0) is 19.6. The first-order chi connectivity index (χ1) is 11.2. The molecule has 1 rings (SSSR count). The minimum absolute atomic E-state index is 0.370. The van der Waals surface area contributed by atoms with Gasteiger partial charge in [-0.25, -0.2) is 0 Å². The van der Waals surface area contributed by atoms with Gasteiger partial charge in [0, 0.05) is 12.1 Å². The molecule has 2 N–H and O–H groups in total. The molecule has 11 nitrogen and oxygen atoms in total. The molecule has 0 spiro atoms. The van der Waals surface area contributed by atoms with Gasteiger partial charge in [0.25, 0.3) is 27.4 Å². The fourth-order valence-electron chi connectivity index (χ4n) is 1.90. The van der Waals surface area contributed by atoms with Crippen molar-refractivity contribution in [2.45, 2.75) is 26.8 Å². The molecule has 0 radical (unpaired) electrons. The second-order valence-electron chi connectivity index (χ2n) is 6.39. The summed E-state index contributed by atoms with van der Waals surface area (Å²) in [7, 11) is -4.41. The van der Waals surface area contributed by atoms with Crippen LogP contribution in [-0.2, 0) is 10.1 Å². The average molecular weight is 375 g/mol. The molecule has 138 valence electrons. The fourth-order valence-corrected chi connectivity index (χ4v) is 2.90. The Bertz CT molecular complexity index is 781. The van der Waals surface area contributed by atoms with E-state index in [0.29, 0.717) is 6.07 Å². The topological polar surface area (TPSA) is 170 Å². The molecule has 25 heavy (non-hydrogen) atoms. The van der Waals surface area contributed by atoms with E-state index in [-0.39, 0.29) is 5.56 Å². The van der Waals surface area contributed by atoms with Crippen molar-refractivity contribution in [3.05, 3.63) is 44.0 Å². The first-order valence-corrected chi connectivity index (χ1v) is 8.51. The third-order valence-electron chi connectivity index (χ3n) is 3.31. The molecule has 1 amide bonds. The molecule has 1 atom stereocenters. The van der Waals surface area contributed by atoms with Crippen LogP contribution >= 0.6 is 0 Å². The molecular formula is C13H17N3O8S. The zero-order valence-corrected chi connectivity index (χ0v) is 14.4. The highest BCUT2D eigenvalue weighted by atomic mass is 32.2. The van der Waals surface area contributed by atoms with E-state index in [9.17, 15) is 33.4 Å². The van der Waals surface area contributed by atoms with Crippen molar-refractivity contribution in [3.8, 4) is 0 Å². The Morgan fingerprint density at radius 3 is 1.92 bits per heavy atom. The third-order valence-corrected chi connectivity index (χ3v) is 4.07. The number of amides is 1. The molecule has 0 aliphatic heterocycles. The van der Waals surface area contributed by atoms with E-state index in [2.05, 4.69) is 5.32 Å². The van der Waals surface area contributed by atoms with Crippen molar-refractivity contribution in [2.24, 2.45) is 5.41 Å². The van der Waals surface area contributed by atoms with E-state index < -0.39 is 54.5 Å². The number of nitrogens with one attached hydrogen (secondary N) is 1. The predicted octanol–water partition coefficient (Wildman–Crippen LogP) is 1.54. The average Bonchev–Trinajstić information content (AvgIpc) is 2.43. The number of hydrogen-bond acceptors (Lipinski definition) is 7. The maximum atomic E-state index is 12.3. The van der Waals surface area contributed by atoms with Crippen LogP contribution in [0, 0.1) is 25.6 Å². The summed E-state index contributed by atoms with van der Waals surface area (Å²) in [5.41, 5.74) is -2.45. The Balaban J connectivity index is 3.24. The molecule has 0 aromatic heterocycles. The van der Waals surface area contributed by atoms with Crippen molar-refractivity contribution in [3.63, 3.8) is 0 Å². The number of rotatable bonds is 6. The highest BCUT2D eigenvalue weighted by molar-refractivity contribution is 7.85. The van der Waals surface area contributed by atoms with E-state index in [1.807, 2.05) is 0 Å². The van der Waals surface area contributed by atoms with Gasteiger partial charge in [-0.15, -0.1) is 0 Å². The second kappa shape index (κ2) is 7.11. The molecule has 1 aromatic rings. The van der Waals surface area contributed by atoms with Gasteiger partial charge in [-0.3, -0.25) is 29.6 Å². The summed E-state index contributed by atoms with van der Waals surface area (Å²) in [5, 5.41) is 24.1. The van der Waals surface area contributed by atoms with Gasteiger partial charge >= 0.3 is 0 Å². The molecular weight excluding hydrogens is 358 g/mol. The lowest BCUT2D eigenvalue weighted by Gasteiger charge is -2.30. The van der Waals surface area contributed by atoms with Crippen LogP contribution in [0.1, 0.15) is 31.1 Å². The number of benzene rings is 1. The number of nitro benzene ring substituents is 2. The van der Waals surface area contributed by atoms with Crippen LogP contribution in [0.4, 0.5) is 11.4 Å². The monoisotopic (exact) mass is 375 g/mol. The van der Waals surface area contributed by atoms with E-state index in [0.717, 1.165) is 12.1 Å². The molecule has 1 aromatic carbocycles. The van der Waals surface area contributed by atoms with Gasteiger partial charge < -0.3 is 5.32 Å². The molecule has 0 unspecified atom stereocenters. The van der Waals surface area contributed by atoms with Crippen LogP contribution < -0.4 is 5.32 Å². The van der Waals surface area contributed by atoms with Gasteiger partial charge in [-0.05, 0) is 5.41 Å². The Morgan fingerprint density at radius 2 is 1.60 bits per heavy atom. The van der Waals surface area contributed by atoms with E-state index in [4.69, 9.17) is 4.55 Å². The number of nitrogens with zero attached hydrogens (tertiary/aromatic N) is 2. The lowest BCUT2D eigenvalue weighted by molar-refractivity contribution is -0.394. The van der Waals surface area contributed by atoms with Crippen molar-refractivity contribution < 1.29 is 27.6 Å². The van der Waals surface area contributed by atoms with Crippen molar-refractivity contribution >= 4 is 27.4 Å². The van der Waals surface area contributed by atoms with Gasteiger partial charge in [-0.2, -0.15) is 8.42 Å². The lowest BCUT2D eigenvalue weighted by atomic mass is 9.87. The molecule has 0 saturated carbocycles. The summed E-state index contributed by atoms with van der Waals surface area (Å²) in [5.74, 6) is -1.71. The molecule has 0 aliphatic carbocycles. The number of nitro groups is 2. The summed E-state index contributed by atoms with van der Waals surface area (Å²) in [6.45, 7) is 4.83. The second-order valence-corrected chi connectivity index (χ2v) is 7.89. The quantitative estimate of drug-likeness (QED) is 0.428. The minimum Gasteiger partial charge on any atom is -0.348 e. The first-order valence-electron chi connectivity index (χ1n) is 6.90. The van der Waals surface area contributed by atoms with Gasteiger partial charge in [0.1, 0.15) is 0 Å². The van der Waals surface area contributed by atoms with Crippen LogP contribution in [0.2, 0.25) is 0 Å². The van der Waals surface area contributed by atoms with Crippen LogP contribution in [0.15, 0.2) is 18.2 Å². The van der Waals surface area contributed by atoms with Gasteiger partial charge in [0.05, 0.1) is 33.3 Å². The summed E-state index contributed by atoms with van der Waals surface area (Å²) >= 11 is 0. The zero-order valence-electron chi connectivity index (χ0n) is 13.6. The van der Waals surface area contributed by atoms with Gasteiger partial charge in [0.15, 0.2) is 0 Å². The first kappa shape index (κ1) is 20.4. The Hall–Kier alpha value is -2.60. The maximum Gasteiger partial charge on any atom is 0.277 e. The highest BCUT2D eigenvalue weighted by Gasteiger charge is 2.31. The fraction of sp³-hybridized carbons (Fsp3) is 0.462. The van der Waals surface area contributed by atoms with Crippen LogP contribution in [0.3, 0.4) is 0 Å². The SMILES string of the molecule is CC(C)(C)[C@@H](CS(=O)(=O)O)NC(=O)c1cc([N+](=O)[O-])cc([N+](=O)[O-])c1. The normalized spacial score (nSPS) is 13.1. The molecule has 0 aliphatic rings. The number of carbonyl (C=O) groups excluding carboxylic acids is 1. The molecule has 0 bridgehead atoms. The van der Waals surface area contributed by atoms with Crippen LogP contribution in [0.25, 0.3) is 0 Å². The molecule has 0 saturated heterocycles. The van der Waals surface area contributed by atoms with E-state index in [1.54, 1.807) is 20.8 Å². The maximum absolute atomic E-state index is 12.3. The summed E-state index contributed by atoms with van der Waals surface area (Å²) in [6, 6.07) is 1.36. The van der Waals surface area contributed by atoms with Gasteiger partial charge in [0.2, 0.25) is 0 Å². The van der Waals surface area contributed by atoms with E-state index in [1.165, 1.54) is 0 Å². The number of non-ortho nitro benzene ring substituents is 2. The van der Waals surface area contributed by atoms with Crippen LogP contribution in [0.5, 0.6) is 0 Å². The summed E-state index contributed by atoms with van der Waals surface area (Å²) < 4.78 is 31.2. The number of hydrogen-bond donors (Lipinski definition) is 2. The van der Waals surface area contributed by atoms with Crippen molar-refractivity contribution in [2.75, 3.05) is 5.75 Å². The minimum atomic E-state index is -4.41. The lowest BCUT2D eigenvalue weighted by Crippen LogP contribution is -2.47. The largest absolute Gasteiger partial charge is 0.348 e. The Morgan fingerprint density at radius 1 is 1.16 bits per heavy atom. The highest BCUT2D eigenvalue weighted by Crippen LogP contribution is 2.24.